The zero-order valence-corrected chi connectivity index (χ0v) is 15.6. The van der Waals surface area contributed by atoms with E-state index in [0.717, 1.165) is 38.5 Å². The number of nitrogens with zero attached hydrogens (tertiary/aromatic N) is 2. The third kappa shape index (κ3) is 5.04. The quantitative estimate of drug-likeness (QED) is 0.861. The molecule has 0 radical (unpaired) electrons. The fourth-order valence-corrected chi connectivity index (χ4v) is 3.88. The number of rotatable bonds is 6. The van der Waals surface area contributed by atoms with Crippen molar-refractivity contribution in [3.63, 3.8) is 0 Å². The molecule has 2 heterocycles. The third-order valence-electron chi connectivity index (χ3n) is 4.32. The van der Waals surface area contributed by atoms with Gasteiger partial charge in [0.15, 0.2) is 0 Å². The van der Waals surface area contributed by atoms with Crippen molar-refractivity contribution in [2.45, 2.75) is 13.5 Å². The first-order chi connectivity index (χ1) is 12.1. The Morgan fingerprint density at radius 3 is 2.60 bits per heavy atom. The molecule has 1 aromatic heterocycles. The molecule has 3 rings (SSSR count). The van der Waals surface area contributed by atoms with Crippen LogP contribution in [0.4, 0.5) is 11.4 Å². The predicted octanol–water partition coefficient (Wildman–Crippen LogP) is 2.96. The molecule has 5 nitrogen and oxygen atoms in total. The number of nitrogens with one attached hydrogen (secondary N) is 1. The fourth-order valence-electron chi connectivity index (χ4n) is 2.89. The number of morpholine rings is 1. The van der Waals surface area contributed by atoms with Gasteiger partial charge in [-0.25, -0.2) is 0 Å². The average molecular weight is 359 g/mol. The van der Waals surface area contributed by atoms with Crippen molar-refractivity contribution < 1.29 is 9.53 Å². The molecule has 1 saturated heterocycles. The van der Waals surface area contributed by atoms with Gasteiger partial charge in [-0.15, -0.1) is 11.3 Å². The van der Waals surface area contributed by atoms with E-state index in [4.69, 9.17) is 4.74 Å². The van der Waals surface area contributed by atoms with Gasteiger partial charge in [-0.05, 0) is 55.2 Å². The summed E-state index contributed by atoms with van der Waals surface area (Å²) in [6, 6.07) is 10.2. The zero-order valence-electron chi connectivity index (χ0n) is 14.8. The highest BCUT2D eigenvalue weighted by Crippen LogP contribution is 2.19. The monoisotopic (exact) mass is 359 g/mol. The molecule has 0 saturated carbocycles. The number of ether oxygens (including phenoxy) is 1. The van der Waals surface area contributed by atoms with Gasteiger partial charge in [0.05, 0.1) is 19.8 Å². The Balaban J connectivity index is 1.49. The standard InChI is InChI=1S/C19H25N3O2S/c1-15-7-12-25-18(15)13-21(2)14-19(23)20-16-3-5-17(6-4-16)22-8-10-24-11-9-22/h3-7,12H,8-11,13-14H2,1-2H3,(H,20,23). The second-order valence-corrected chi connectivity index (χ2v) is 7.39. The summed E-state index contributed by atoms with van der Waals surface area (Å²) >= 11 is 1.74. The smallest absolute Gasteiger partial charge is 0.238 e. The molecule has 0 atom stereocenters. The van der Waals surface area contributed by atoms with Gasteiger partial charge >= 0.3 is 0 Å². The van der Waals surface area contributed by atoms with E-state index in [2.05, 4.69) is 40.7 Å². The van der Waals surface area contributed by atoms with E-state index in [0.29, 0.717) is 6.54 Å². The average Bonchev–Trinajstić information content (AvgIpc) is 3.01. The van der Waals surface area contributed by atoms with E-state index in [1.807, 2.05) is 24.1 Å². The van der Waals surface area contributed by atoms with Crippen LogP contribution in [0.5, 0.6) is 0 Å². The van der Waals surface area contributed by atoms with E-state index in [1.54, 1.807) is 11.3 Å². The number of hydrogen-bond donors (Lipinski definition) is 1. The van der Waals surface area contributed by atoms with Crippen LogP contribution in [-0.2, 0) is 16.1 Å². The summed E-state index contributed by atoms with van der Waals surface area (Å²) in [5.74, 6) is 0.0100. The molecule has 0 bridgehead atoms. The summed E-state index contributed by atoms with van der Waals surface area (Å²) in [4.78, 5) is 17.9. The Labute approximate surface area is 153 Å². The van der Waals surface area contributed by atoms with Crippen LogP contribution < -0.4 is 10.2 Å². The molecule has 1 aliphatic rings. The highest BCUT2D eigenvalue weighted by atomic mass is 32.1. The van der Waals surface area contributed by atoms with Crippen molar-refractivity contribution in [2.24, 2.45) is 0 Å². The molecule has 6 heteroatoms. The largest absolute Gasteiger partial charge is 0.378 e. The maximum atomic E-state index is 12.2. The Bertz CT molecular complexity index is 693. The molecule has 25 heavy (non-hydrogen) atoms. The van der Waals surface area contributed by atoms with E-state index in [9.17, 15) is 4.79 Å². The van der Waals surface area contributed by atoms with Crippen LogP contribution in [0.3, 0.4) is 0 Å². The lowest BCUT2D eigenvalue weighted by atomic mass is 10.2. The molecule has 1 amide bonds. The molecule has 0 aliphatic carbocycles. The van der Waals surface area contributed by atoms with E-state index in [1.165, 1.54) is 16.1 Å². The zero-order chi connectivity index (χ0) is 17.6. The predicted molar refractivity (Wildman–Crippen MR) is 103 cm³/mol. The number of benzene rings is 1. The van der Waals surface area contributed by atoms with Crippen LogP contribution in [0.25, 0.3) is 0 Å². The second kappa shape index (κ2) is 8.47. The summed E-state index contributed by atoms with van der Waals surface area (Å²) in [5, 5.41) is 5.07. The van der Waals surface area contributed by atoms with Gasteiger partial charge in [0.25, 0.3) is 0 Å². The number of aryl methyl sites for hydroxylation is 1. The molecule has 1 aliphatic heterocycles. The Morgan fingerprint density at radius 1 is 1.24 bits per heavy atom. The number of likely N-dealkylation sites (N-methyl/N-ethyl adjacent to an activating group) is 1. The lowest BCUT2D eigenvalue weighted by molar-refractivity contribution is -0.117. The maximum Gasteiger partial charge on any atom is 0.238 e. The number of anilines is 2. The van der Waals surface area contributed by atoms with Crippen LogP contribution in [0.2, 0.25) is 0 Å². The highest BCUT2D eigenvalue weighted by molar-refractivity contribution is 7.10. The van der Waals surface area contributed by atoms with Crippen LogP contribution in [0.15, 0.2) is 35.7 Å². The minimum Gasteiger partial charge on any atom is -0.378 e. The van der Waals surface area contributed by atoms with Crippen LogP contribution in [0, 0.1) is 6.92 Å². The van der Waals surface area contributed by atoms with E-state index in [-0.39, 0.29) is 5.91 Å². The first kappa shape index (κ1) is 17.9. The van der Waals surface area contributed by atoms with E-state index >= 15 is 0 Å². The lowest BCUT2D eigenvalue weighted by Crippen LogP contribution is -2.36. The van der Waals surface area contributed by atoms with Gasteiger partial charge in [-0.3, -0.25) is 9.69 Å². The van der Waals surface area contributed by atoms with Crippen molar-refractivity contribution >= 4 is 28.6 Å². The highest BCUT2D eigenvalue weighted by Gasteiger charge is 2.12. The molecule has 0 spiro atoms. The number of amides is 1. The van der Waals surface area contributed by atoms with Crippen LogP contribution in [-0.4, -0.2) is 50.7 Å². The molecule has 0 unspecified atom stereocenters. The molecule has 2 aromatic rings. The SMILES string of the molecule is Cc1ccsc1CN(C)CC(=O)Nc1ccc(N2CCOCC2)cc1. The number of thiophene rings is 1. The Kier molecular flexibility index (Phi) is 6.07. The van der Waals surface area contributed by atoms with Crippen LogP contribution in [0.1, 0.15) is 10.4 Å². The Hall–Kier alpha value is -1.89. The van der Waals surface area contributed by atoms with Gasteiger partial charge in [0.2, 0.25) is 5.91 Å². The second-order valence-electron chi connectivity index (χ2n) is 6.39. The lowest BCUT2D eigenvalue weighted by Gasteiger charge is -2.28. The molecular weight excluding hydrogens is 334 g/mol. The summed E-state index contributed by atoms with van der Waals surface area (Å²) in [6.07, 6.45) is 0. The van der Waals surface area contributed by atoms with Gasteiger partial charge < -0.3 is 15.0 Å². The van der Waals surface area contributed by atoms with Crippen molar-refractivity contribution in [1.82, 2.24) is 4.90 Å². The third-order valence-corrected chi connectivity index (χ3v) is 5.33. The van der Waals surface area contributed by atoms with Gasteiger partial charge in [-0.1, -0.05) is 0 Å². The minimum atomic E-state index is 0.0100. The number of hydrogen-bond acceptors (Lipinski definition) is 5. The van der Waals surface area contributed by atoms with Gasteiger partial charge in [0, 0.05) is 35.9 Å². The molecule has 1 N–H and O–H groups in total. The summed E-state index contributed by atoms with van der Waals surface area (Å²) < 4.78 is 5.38. The Morgan fingerprint density at radius 2 is 1.96 bits per heavy atom. The van der Waals surface area contributed by atoms with Crippen molar-refractivity contribution in [3.8, 4) is 0 Å². The number of carbonyl (C=O) groups is 1. The topological polar surface area (TPSA) is 44.8 Å². The summed E-state index contributed by atoms with van der Waals surface area (Å²) in [5.41, 5.74) is 3.30. The maximum absolute atomic E-state index is 12.2. The normalized spacial score (nSPS) is 14.8. The first-order valence-electron chi connectivity index (χ1n) is 8.56. The van der Waals surface area contributed by atoms with Crippen LogP contribution >= 0.6 is 11.3 Å². The van der Waals surface area contributed by atoms with Gasteiger partial charge in [0.1, 0.15) is 0 Å². The molecular formula is C19H25N3O2S. The van der Waals surface area contributed by atoms with Gasteiger partial charge in [-0.2, -0.15) is 0 Å². The summed E-state index contributed by atoms with van der Waals surface area (Å²) in [7, 11) is 1.97. The fraction of sp³-hybridized carbons (Fsp3) is 0.421. The van der Waals surface area contributed by atoms with E-state index < -0.39 is 0 Å². The summed E-state index contributed by atoms with van der Waals surface area (Å²) in [6.45, 7) is 6.66. The first-order valence-corrected chi connectivity index (χ1v) is 9.44. The van der Waals surface area contributed by atoms with Crippen molar-refractivity contribution in [3.05, 3.63) is 46.2 Å². The minimum absolute atomic E-state index is 0.0100. The number of carbonyl (C=O) groups excluding carboxylic acids is 1. The molecule has 1 fully saturated rings. The van der Waals surface area contributed by atoms with Crippen molar-refractivity contribution in [1.29, 1.82) is 0 Å². The molecule has 1 aromatic carbocycles. The van der Waals surface area contributed by atoms with Crippen molar-refractivity contribution in [2.75, 3.05) is 50.1 Å². The molecule has 134 valence electrons.